The predicted octanol–water partition coefficient (Wildman–Crippen LogP) is 1.51. The van der Waals surface area contributed by atoms with Gasteiger partial charge < -0.3 is 4.74 Å². The van der Waals surface area contributed by atoms with E-state index in [1.54, 1.807) is 0 Å². The van der Waals surface area contributed by atoms with Gasteiger partial charge in [0.05, 0.1) is 18.0 Å². The van der Waals surface area contributed by atoms with Crippen LogP contribution in [-0.2, 0) is 13.8 Å². The summed E-state index contributed by atoms with van der Waals surface area (Å²) in [5.74, 6) is -0.0567. The van der Waals surface area contributed by atoms with Crippen LogP contribution in [0.2, 0.25) is 0 Å². The van der Waals surface area contributed by atoms with E-state index in [1.165, 1.54) is 0 Å². The molecule has 1 rings (SSSR count). The molecular weight excluding hydrogens is 200 g/mol. The van der Waals surface area contributed by atoms with Gasteiger partial charge in [-0.05, 0) is 26.2 Å². The van der Waals surface area contributed by atoms with Gasteiger partial charge in [-0.1, -0.05) is 0 Å². The summed E-state index contributed by atoms with van der Waals surface area (Å²) >= 11 is 0. The second-order valence-corrected chi connectivity index (χ2v) is 6.03. The molecule has 0 bridgehead atoms. The second-order valence-electron chi connectivity index (χ2n) is 3.21. The number of hydrogen-bond acceptors (Lipinski definition) is 3. The summed E-state index contributed by atoms with van der Waals surface area (Å²) in [6.07, 6.45) is 2.81. The maximum Gasteiger partial charge on any atom is 0.235 e. The molecule has 0 spiro atoms. The molecule has 1 aliphatic heterocycles. The molecule has 0 aliphatic carbocycles. The third-order valence-corrected chi connectivity index (χ3v) is 3.09. The lowest BCUT2D eigenvalue weighted by atomic mass is 10.1. The zero-order valence-corrected chi connectivity index (χ0v) is 8.57. The van der Waals surface area contributed by atoms with Crippen LogP contribution in [0.3, 0.4) is 0 Å². The van der Waals surface area contributed by atoms with E-state index in [4.69, 9.17) is 15.4 Å². The van der Waals surface area contributed by atoms with Gasteiger partial charge in [0, 0.05) is 10.7 Å². The zero-order valence-electron chi connectivity index (χ0n) is 6.99. The van der Waals surface area contributed by atoms with Crippen molar-refractivity contribution in [3.05, 3.63) is 0 Å². The Labute approximate surface area is 77.5 Å². The van der Waals surface area contributed by atoms with Crippen LogP contribution < -0.4 is 0 Å². The number of ether oxygens (including phenoxy) is 1. The van der Waals surface area contributed by atoms with Crippen molar-refractivity contribution >= 4 is 19.7 Å². The van der Waals surface area contributed by atoms with E-state index in [0.29, 0.717) is 0 Å². The van der Waals surface area contributed by atoms with E-state index in [2.05, 4.69) is 0 Å². The molecule has 0 unspecified atom stereocenters. The Balaban J connectivity index is 2.43. The molecule has 1 heterocycles. The molecule has 5 heteroatoms. The largest absolute Gasteiger partial charge is 0.374 e. The molecule has 3 nitrogen and oxygen atoms in total. The first-order valence-electron chi connectivity index (χ1n) is 4.05. The highest BCUT2D eigenvalue weighted by Crippen LogP contribution is 2.20. The second kappa shape index (κ2) is 3.94. The Morgan fingerprint density at radius 2 is 2.17 bits per heavy atom. The molecule has 1 saturated heterocycles. The topological polar surface area (TPSA) is 43.4 Å². The first kappa shape index (κ1) is 10.3. The maximum atomic E-state index is 10.7. The molecule has 1 aliphatic rings. The average Bonchev–Trinajstić information content (AvgIpc) is 1.82. The Morgan fingerprint density at radius 1 is 1.50 bits per heavy atom. The van der Waals surface area contributed by atoms with Crippen molar-refractivity contribution in [2.24, 2.45) is 0 Å². The van der Waals surface area contributed by atoms with E-state index < -0.39 is 9.05 Å². The third kappa shape index (κ3) is 3.74. The highest BCUT2D eigenvalue weighted by molar-refractivity contribution is 8.13. The van der Waals surface area contributed by atoms with Crippen molar-refractivity contribution in [3.63, 3.8) is 0 Å². The molecule has 0 radical (unpaired) electrons. The van der Waals surface area contributed by atoms with E-state index >= 15 is 0 Å². The van der Waals surface area contributed by atoms with Crippen molar-refractivity contribution in [3.8, 4) is 0 Å². The smallest absolute Gasteiger partial charge is 0.235 e. The van der Waals surface area contributed by atoms with E-state index in [0.717, 1.165) is 19.3 Å². The van der Waals surface area contributed by atoms with Crippen LogP contribution in [-0.4, -0.2) is 26.4 Å². The summed E-state index contributed by atoms with van der Waals surface area (Å²) in [5.41, 5.74) is 0. The van der Waals surface area contributed by atoms with Crippen LogP contribution in [0.25, 0.3) is 0 Å². The van der Waals surface area contributed by atoms with Gasteiger partial charge in [0.1, 0.15) is 0 Å². The van der Waals surface area contributed by atoms with E-state index in [-0.39, 0.29) is 18.0 Å². The quantitative estimate of drug-likeness (QED) is 0.652. The molecule has 72 valence electrons. The Bertz CT molecular complexity index is 237. The van der Waals surface area contributed by atoms with Gasteiger partial charge in [0.2, 0.25) is 9.05 Å². The Kier molecular flexibility index (Phi) is 3.37. The van der Waals surface area contributed by atoms with Crippen LogP contribution in [0, 0.1) is 0 Å². The molecule has 12 heavy (non-hydrogen) atoms. The predicted molar refractivity (Wildman–Crippen MR) is 47.8 cm³/mol. The van der Waals surface area contributed by atoms with Gasteiger partial charge in [0.15, 0.2) is 0 Å². The molecule has 0 saturated carbocycles. The normalized spacial score (nSPS) is 31.8. The van der Waals surface area contributed by atoms with Gasteiger partial charge in [-0.25, -0.2) is 8.42 Å². The first-order valence-corrected chi connectivity index (χ1v) is 6.53. The Hall–Kier alpha value is 0.200. The van der Waals surface area contributed by atoms with Crippen molar-refractivity contribution < 1.29 is 13.2 Å². The minimum atomic E-state index is -3.40. The van der Waals surface area contributed by atoms with Crippen molar-refractivity contribution in [1.29, 1.82) is 0 Å². The molecule has 2 atom stereocenters. The monoisotopic (exact) mass is 212 g/mol. The van der Waals surface area contributed by atoms with Crippen molar-refractivity contribution in [2.75, 3.05) is 5.75 Å². The maximum absolute atomic E-state index is 10.7. The molecule has 0 amide bonds. The zero-order chi connectivity index (χ0) is 9.19. The average molecular weight is 213 g/mol. The SMILES string of the molecule is C[C@@H]1CCC[C@H](CS(=O)(=O)Cl)O1. The van der Waals surface area contributed by atoms with E-state index in [1.807, 2.05) is 6.92 Å². The van der Waals surface area contributed by atoms with Gasteiger partial charge in [0.25, 0.3) is 0 Å². The molecule has 0 aromatic rings. The van der Waals surface area contributed by atoms with Crippen LogP contribution in [0.1, 0.15) is 26.2 Å². The third-order valence-electron chi connectivity index (χ3n) is 1.95. The van der Waals surface area contributed by atoms with Crippen LogP contribution in [0.5, 0.6) is 0 Å². The standard InChI is InChI=1S/C7H13ClO3S/c1-6-3-2-4-7(11-6)5-12(8,9)10/h6-7H,2-5H2,1H3/t6-,7-/m1/s1. The van der Waals surface area contributed by atoms with Crippen molar-refractivity contribution in [2.45, 2.75) is 38.4 Å². The highest BCUT2D eigenvalue weighted by atomic mass is 35.7. The summed E-state index contributed by atoms with van der Waals surface area (Å²) < 4.78 is 26.8. The van der Waals surface area contributed by atoms with Crippen LogP contribution >= 0.6 is 10.7 Å². The molecular formula is C7H13ClO3S. The fraction of sp³-hybridized carbons (Fsp3) is 1.00. The lowest BCUT2D eigenvalue weighted by Crippen LogP contribution is -2.30. The van der Waals surface area contributed by atoms with Crippen molar-refractivity contribution in [1.82, 2.24) is 0 Å². The fourth-order valence-corrected chi connectivity index (χ4v) is 2.55. The van der Waals surface area contributed by atoms with Crippen LogP contribution in [0.4, 0.5) is 0 Å². The summed E-state index contributed by atoms with van der Waals surface area (Å²) in [7, 11) is 1.71. The Morgan fingerprint density at radius 3 is 2.67 bits per heavy atom. The lowest BCUT2D eigenvalue weighted by Gasteiger charge is -2.26. The van der Waals surface area contributed by atoms with Gasteiger partial charge >= 0.3 is 0 Å². The molecule has 0 N–H and O–H groups in total. The highest BCUT2D eigenvalue weighted by Gasteiger charge is 2.23. The molecule has 0 aromatic heterocycles. The van der Waals surface area contributed by atoms with Gasteiger partial charge in [-0.2, -0.15) is 0 Å². The van der Waals surface area contributed by atoms with Gasteiger partial charge in [-0.3, -0.25) is 0 Å². The number of hydrogen-bond donors (Lipinski definition) is 0. The van der Waals surface area contributed by atoms with Gasteiger partial charge in [-0.15, -0.1) is 0 Å². The summed E-state index contributed by atoms with van der Waals surface area (Å²) in [6.45, 7) is 1.95. The first-order chi connectivity index (χ1) is 5.47. The fourth-order valence-electron chi connectivity index (χ4n) is 1.44. The van der Waals surface area contributed by atoms with E-state index in [9.17, 15) is 8.42 Å². The summed E-state index contributed by atoms with van der Waals surface area (Å²) in [6, 6.07) is 0. The summed E-state index contributed by atoms with van der Waals surface area (Å²) in [5, 5.41) is 0. The number of halogens is 1. The molecule has 1 fully saturated rings. The van der Waals surface area contributed by atoms with Crippen LogP contribution in [0.15, 0.2) is 0 Å². The molecule has 0 aromatic carbocycles. The summed E-state index contributed by atoms with van der Waals surface area (Å²) in [4.78, 5) is 0. The minimum absolute atomic E-state index is 0.0567. The number of rotatable bonds is 2. The lowest BCUT2D eigenvalue weighted by molar-refractivity contribution is -0.0272. The minimum Gasteiger partial charge on any atom is -0.374 e.